The number of nitrogens with two attached hydrogens (primary N) is 1. The molecule has 2 N–H and O–H groups in total. The predicted octanol–water partition coefficient (Wildman–Crippen LogP) is 1.15. The fraction of sp³-hybridized carbons (Fsp3) is 0.0833. The number of benzene rings is 1. The van der Waals surface area contributed by atoms with Crippen molar-refractivity contribution in [1.82, 2.24) is 4.98 Å². The average molecular weight is 227 g/mol. The van der Waals surface area contributed by atoms with Crippen molar-refractivity contribution < 1.29 is 9.53 Å². The molecule has 0 bridgehead atoms. The van der Waals surface area contributed by atoms with Crippen LogP contribution in [0, 0.1) is 0 Å². The monoisotopic (exact) mass is 227 g/mol. The summed E-state index contributed by atoms with van der Waals surface area (Å²) in [4.78, 5) is 19.3. The second-order valence-corrected chi connectivity index (χ2v) is 3.74. The molecule has 0 saturated heterocycles. The molecule has 1 aromatic carbocycles. The van der Waals surface area contributed by atoms with Gasteiger partial charge in [-0.3, -0.25) is 9.78 Å². The first-order chi connectivity index (χ1) is 8.24. The third-order valence-corrected chi connectivity index (χ3v) is 2.61. The number of amidine groups is 1. The van der Waals surface area contributed by atoms with Gasteiger partial charge in [0.05, 0.1) is 5.52 Å². The van der Waals surface area contributed by atoms with E-state index in [9.17, 15) is 4.79 Å². The molecule has 1 aliphatic rings. The van der Waals surface area contributed by atoms with Crippen LogP contribution in [0.3, 0.4) is 0 Å². The summed E-state index contributed by atoms with van der Waals surface area (Å²) < 4.78 is 5.17. The molecule has 17 heavy (non-hydrogen) atoms. The van der Waals surface area contributed by atoms with Gasteiger partial charge in [-0.05, 0) is 18.2 Å². The lowest BCUT2D eigenvalue weighted by atomic mass is 10.1. The van der Waals surface area contributed by atoms with Crippen molar-refractivity contribution in [3.63, 3.8) is 0 Å². The average Bonchev–Trinajstić information content (AvgIpc) is 2.68. The molecule has 0 saturated carbocycles. The van der Waals surface area contributed by atoms with Crippen LogP contribution in [0.1, 0.15) is 11.7 Å². The van der Waals surface area contributed by atoms with E-state index < -0.39 is 6.10 Å². The Balaban J connectivity index is 2.05. The molecule has 0 fully saturated rings. The van der Waals surface area contributed by atoms with Crippen LogP contribution in [0.4, 0.5) is 0 Å². The van der Waals surface area contributed by atoms with Gasteiger partial charge in [-0.15, -0.1) is 0 Å². The molecule has 1 atom stereocenters. The van der Waals surface area contributed by atoms with Gasteiger partial charge in [0.15, 0.2) is 0 Å². The summed E-state index contributed by atoms with van der Waals surface area (Å²) in [6.45, 7) is 0. The van der Waals surface area contributed by atoms with Gasteiger partial charge >= 0.3 is 0 Å². The zero-order chi connectivity index (χ0) is 11.8. The van der Waals surface area contributed by atoms with Gasteiger partial charge < -0.3 is 10.5 Å². The van der Waals surface area contributed by atoms with Crippen LogP contribution in [-0.4, -0.2) is 16.9 Å². The van der Waals surface area contributed by atoms with E-state index in [0.717, 1.165) is 16.5 Å². The van der Waals surface area contributed by atoms with Gasteiger partial charge in [-0.1, -0.05) is 12.1 Å². The zero-order valence-corrected chi connectivity index (χ0v) is 8.83. The molecule has 2 aromatic rings. The molecule has 1 aromatic heterocycles. The fourth-order valence-electron chi connectivity index (χ4n) is 1.83. The number of amides is 1. The summed E-state index contributed by atoms with van der Waals surface area (Å²) in [6, 6.07) is 9.19. The van der Waals surface area contributed by atoms with Crippen LogP contribution >= 0.6 is 0 Å². The largest absolute Gasteiger partial charge is 0.447 e. The number of hydrogen-bond donors (Lipinski definition) is 1. The Labute approximate surface area is 96.9 Å². The molecule has 5 heteroatoms. The van der Waals surface area contributed by atoms with E-state index in [1.165, 1.54) is 0 Å². The number of fused-ring (bicyclic) bond motifs is 1. The first kappa shape index (κ1) is 9.77. The highest BCUT2D eigenvalue weighted by Gasteiger charge is 2.29. The second kappa shape index (κ2) is 3.55. The molecule has 0 spiro atoms. The van der Waals surface area contributed by atoms with Crippen molar-refractivity contribution >= 4 is 22.8 Å². The van der Waals surface area contributed by atoms with Crippen molar-refractivity contribution in [3.8, 4) is 0 Å². The van der Waals surface area contributed by atoms with E-state index in [0.29, 0.717) is 0 Å². The van der Waals surface area contributed by atoms with Crippen LogP contribution < -0.4 is 5.73 Å². The van der Waals surface area contributed by atoms with Gasteiger partial charge in [-0.2, -0.15) is 4.99 Å². The standard InChI is InChI=1S/C12H9N3O2/c13-12-15-11(16)10(17-12)8-3-4-9-7(6-8)2-1-5-14-9/h1-6,10H,(H2,13,15,16). The van der Waals surface area contributed by atoms with Crippen LogP contribution in [0.2, 0.25) is 0 Å². The van der Waals surface area contributed by atoms with Crippen LogP contribution in [0.5, 0.6) is 0 Å². The molecule has 3 rings (SSSR count). The van der Waals surface area contributed by atoms with Gasteiger partial charge in [-0.25, -0.2) is 0 Å². The van der Waals surface area contributed by atoms with Crippen molar-refractivity contribution in [2.24, 2.45) is 10.7 Å². The van der Waals surface area contributed by atoms with E-state index in [4.69, 9.17) is 10.5 Å². The maximum absolute atomic E-state index is 11.5. The smallest absolute Gasteiger partial charge is 0.296 e. The van der Waals surface area contributed by atoms with E-state index in [2.05, 4.69) is 9.98 Å². The highest BCUT2D eigenvalue weighted by atomic mass is 16.5. The maximum Gasteiger partial charge on any atom is 0.296 e. The lowest BCUT2D eigenvalue weighted by Crippen LogP contribution is -2.13. The van der Waals surface area contributed by atoms with Crippen LogP contribution in [0.25, 0.3) is 10.9 Å². The summed E-state index contributed by atoms with van der Waals surface area (Å²) in [5.74, 6) is -0.370. The van der Waals surface area contributed by atoms with Crippen molar-refractivity contribution in [3.05, 3.63) is 42.1 Å². The quantitative estimate of drug-likeness (QED) is 0.792. The minimum atomic E-state index is -0.723. The summed E-state index contributed by atoms with van der Waals surface area (Å²) in [7, 11) is 0. The summed E-state index contributed by atoms with van der Waals surface area (Å²) in [5.41, 5.74) is 6.97. The SMILES string of the molecule is NC1=NC(=O)C(c2ccc3ncccc3c2)O1. The maximum atomic E-state index is 11.5. The number of hydrogen-bond acceptors (Lipinski definition) is 4. The Kier molecular flexibility index (Phi) is 2.04. The minimum Gasteiger partial charge on any atom is -0.447 e. The number of carbonyl (C=O) groups excluding carboxylic acids is 1. The van der Waals surface area contributed by atoms with Crippen molar-refractivity contribution in [2.75, 3.05) is 0 Å². The second-order valence-electron chi connectivity index (χ2n) is 3.74. The van der Waals surface area contributed by atoms with Gasteiger partial charge in [0.1, 0.15) is 0 Å². The number of ether oxygens (including phenoxy) is 1. The number of aromatic nitrogens is 1. The lowest BCUT2D eigenvalue weighted by Gasteiger charge is -2.09. The van der Waals surface area contributed by atoms with Gasteiger partial charge in [0.2, 0.25) is 6.10 Å². The van der Waals surface area contributed by atoms with E-state index in [-0.39, 0.29) is 11.9 Å². The lowest BCUT2D eigenvalue weighted by molar-refractivity contribution is -0.122. The molecule has 1 amide bonds. The third kappa shape index (κ3) is 1.61. The number of rotatable bonds is 1. The summed E-state index contributed by atoms with van der Waals surface area (Å²) in [6.07, 6.45) is 1.000. The first-order valence-corrected chi connectivity index (χ1v) is 5.13. The molecule has 1 unspecified atom stereocenters. The fourth-order valence-corrected chi connectivity index (χ4v) is 1.83. The predicted molar refractivity (Wildman–Crippen MR) is 62.2 cm³/mol. The highest BCUT2D eigenvalue weighted by molar-refractivity contribution is 5.98. The Bertz CT molecular complexity index is 636. The Morgan fingerprint density at radius 3 is 2.94 bits per heavy atom. The van der Waals surface area contributed by atoms with E-state index in [1.54, 1.807) is 12.3 Å². The minimum absolute atomic E-state index is 0.0775. The Hall–Kier alpha value is -2.43. The molecule has 5 nitrogen and oxygen atoms in total. The molecule has 84 valence electrons. The summed E-state index contributed by atoms with van der Waals surface area (Å²) in [5, 5.41) is 0.951. The zero-order valence-electron chi connectivity index (χ0n) is 8.83. The molecular formula is C12H9N3O2. The van der Waals surface area contributed by atoms with Crippen LogP contribution in [0.15, 0.2) is 41.5 Å². The normalized spacial score (nSPS) is 19.2. The van der Waals surface area contributed by atoms with Gasteiger partial charge in [0, 0.05) is 17.1 Å². The van der Waals surface area contributed by atoms with E-state index >= 15 is 0 Å². The number of pyridine rings is 1. The number of carbonyl (C=O) groups is 1. The van der Waals surface area contributed by atoms with Crippen molar-refractivity contribution in [2.45, 2.75) is 6.10 Å². The number of nitrogens with zero attached hydrogens (tertiary/aromatic N) is 2. The third-order valence-electron chi connectivity index (χ3n) is 2.61. The van der Waals surface area contributed by atoms with E-state index in [1.807, 2.05) is 24.3 Å². The van der Waals surface area contributed by atoms with Crippen LogP contribution in [-0.2, 0) is 9.53 Å². The Morgan fingerprint density at radius 1 is 1.29 bits per heavy atom. The topological polar surface area (TPSA) is 77.6 Å². The van der Waals surface area contributed by atoms with Gasteiger partial charge in [0.25, 0.3) is 11.9 Å². The molecule has 1 aliphatic heterocycles. The summed E-state index contributed by atoms with van der Waals surface area (Å²) >= 11 is 0. The first-order valence-electron chi connectivity index (χ1n) is 5.13. The molecular weight excluding hydrogens is 218 g/mol. The Morgan fingerprint density at radius 2 is 2.18 bits per heavy atom. The molecule has 0 radical (unpaired) electrons. The highest BCUT2D eigenvalue weighted by Crippen LogP contribution is 2.25. The number of aliphatic imine (C=N–C) groups is 1. The van der Waals surface area contributed by atoms with Crippen molar-refractivity contribution in [1.29, 1.82) is 0 Å². The molecule has 0 aliphatic carbocycles. The molecule has 2 heterocycles.